The molecule has 0 saturated heterocycles. The van der Waals surface area contributed by atoms with Crippen molar-refractivity contribution in [2.75, 3.05) is 6.54 Å². The van der Waals surface area contributed by atoms with E-state index in [0.717, 1.165) is 12.1 Å². The topological polar surface area (TPSA) is 95.5 Å². The first-order valence-corrected chi connectivity index (χ1v) is 5.56. The molecule has 3 N–H and O–H groups in total. The summed E-state index contributed by atoms with van der Waals surface area (Å²) in [4.78, 5) is 33.3. The van der Waals surface area contributed by atoms with Crippen LogP contribution < -0.4 is 10.6 Å². The maximum absolute atomic E-state index is 12.9. The first-order chi connectivity index (χ1) is 9.31. The Hall–Kier alpha value is -2.51. The fourth-order valence-corrected chi connectivity index (χ4v) is 1.25. The van der Waals surface area contributed by atoms with E-state index in [-0.39, 0.29) is 5.56 Å². The minimum atomic E-state index is -1.22. The number of nitrogens with one attached hydrogen (secondary N) is 2. The van der Waals surface area contributed by atoms with Gasteiger partial charge in [-0.15, -0.1) is 0 Å². The third-order valence-corrected chi connectivity index (χ3v) is 2.34. The van der Waals surface area contributed by atoms with Crippen LogP contribution in [0.3, 0.4) is 0 Å². The molecule has 1 aromatic rings. The Morgan fingerprint density at radius 2 is 1.90 bits per heavy atom. The summed E-state index contributed by atoms with van der Waals surface area (Å²) in [6, 6.07) is 1.45. The lowest BCUT2D eigenvalue weighted by Crippen LogP contribution is -2.44. The molecule has 8 heteroatoms. The number of hydrogen-bond donors (Lipinski definition) is 3. The number of aliphatic carboxylic acids is 1. The predicted molar refractivity (Wildman–Crippen MR) is 63.9 cm³/mol. The van der Waals surface area contributed by atoms with E-state index < -0.39 is 42.0 Å². The molecule has 108 valence electrons. The molecule has 0 aromatic heterocycles. The van der Waals surface area contributed by atoms with E-state index >= 15 is 0 Å². The van der Waals surface area contributed by atoms with Crippen LogP contribution in [-0.2, 0) is 9.59 Å². The van der Waals surface area contributed by atoms with Crippen molar-refractivity contribution in [3.63, 3.8) is 0 Å². The molecule has 0 aliphatic carbocycles. The Bertz CT molecular complexity index is 548. The normalized spacial score (nSPS) is 11.6. The standard InChI is InChI=1S/C12H12F2N2O4/c1-6(12(19)20)16-10(17)5-15-11(18)7-2-3-8(13)9(14)4-7/h2-4,6H,5H2,1H3,(H,15,18)(H,16,17)(H,19,20)/t6-/m0/s1. The van der Waals surface area contributed by atoms with Crippen LogP contribution in [0.5, 0.6) is 0 Å². The van der Waals surface area contributed by atoms with Gasteiger partial charge in [-0.25, -0.2) is 8.78 Å². The number of carbonyl (C=O) groups is 3. The maximum atomic E-state index is 12.9. The van der Waals surface area contributed by atoms with Gasteiger partial charge >= 0.3 is 5.97 Å². The average molecular weight is 286 g/mol. The molecule has 20 heavy (non-hydrogen) atoms. The molecule has 1 rings (SSSR count). The van der Waals surface area contributed by atoms with Crippen LogP contribution in [0.2, 0.25) is 0 Å². The van der Waals surface area contributed by atoms with Crippen molar-refractivity contribution in [3.8, 4) is 0 Å². The highest BCUT2D eigenvalue weighted by Crippen LogP contribution is 2.08. The Labute approximate surface area is 112 Å². The van der Waals surface area contributed by atoms with E-state index in [9.17, 15) is 23.2 Å². The van der Waals surface area contributed by atoms with E-state index in [1.165, 1.54) is 6.92 Å². The summed E-state index contributed by atoms with van der Waals surface area (Å²) in [6.07, 6.45) is 0. The summed E-state index contributed by atoms with van der Waals surface area (Å²) < 4.78 is 25.6. The molecule has 0 aliphatic heterocycles. The molecule has 0 fully saturated rings. The van der Waals surface area contributed by atoms with Crippen LogP contribution in [0, 0.1) is 11.6 Å². The Morgan fingerprint density at radius 1 is 1.25 bits per heavy atom. The van der Waals surface area contributed by atoms with Crippen LogP contribution in [0.25, 0.3) is 0 Å². The molecule has 0 unspecified atom stereocenters. The van der Waals surface area contributed by atoms with Crippen LogP contribution in [0.4, 0.5) is 8.78 Å². The van der Waals surface area contributed by atoms with E-state index in [2.05, 4.69) is 10.6 Å². The van der Waals surface area contributed by atoms with Crippen molar-refractivity contribution >= 4 is 17.8 Å². The quantitative estimate of drug-likeness (QED) is 0.724. The zero-order chi connectivity index (χ0) is 15.3. The number of carbonyl (C=O) groups excluding carboxylic acids is 2. The first kappa shape index (κ1) is 15.5. The van der Waals surface area contributed by atoms with Crippen molar-refractivity contribution in [2.45, 2.75) is 13.0 Å². The zero-order valence-electron chi connectivity index (χ0n) is 10.4. The lowest BCUT2D eigenvalue weighted by Gasteiger charge is -2.10. The van der Waals surface area contributed by atoms with Crippen LogP contribution in [0.15, 0.2) is 18.2 Å². The van der Waals surface area contributed by atoms with Crippen LogP contribution in [0.1, 0.15) is 17.3 Å². The monoisotopic (exact) mass is 286 g/mol. The highest BCUT2D eigenvalue weighted by molar-refractivity contribution is 5.96. The number of carboxylic acid groups (broad SMARTS) is 1. The van der Waals surface area contributed by atoms with Crippen molar-refractivity contribution in [1.82, 2.24) is 10.6 Å². The van der Waals surface area contributed by atoms with Gasteiger partial charge in [0, 0.05) is 5.56 Å². The Balaban J connectivity index is 2.53. The second-order valence-electron chi connectivity index (χ2n) is 3.94. The number of halogens is 2. The van der Waals surface area contributed by atoms with Crippen LogP contribution >= 0.6 is 0 Å². The third kappa shape index (κ3) is 4.30. The van der Waals surface area contributed by atoms with E-state index in [1.807, 2.05) is 0 Å². The summed E-state index contributed by atoms with van der Waals surface area (Å²) >= 11 is 0. The fourth-order valence-electron chi connectivity index (χ4n) is 1.25. The lowest BCUT2D eigenvalue weighted by molar-refractivity contribution is -0.141. The van der Waals surface area contributed by atoms with Gasteiger partial charge in [-0.2, -0.15) is 0 Å². The molecule has 2 amide bonds. The molecular weight excluding hydrogens is 274 g/mol. The highest BCUT2D eigenvalue weighted by atomic mass is 19.2. The van der Waals surface area contributed by atoms with E-state index in [1.54, 1.807) is 0 Å². The van der Waals surface area contributed by atoms with Gasteiger partial charge in [-0.1, -0.05) is 0 Å². The summed E-state index contributed by atoms with van der Waals surface area (Å²) in [7, 11) is 0. The van der Waals surface area contributed by atoms with Gasteiger partial charge in [-0.3, -0.25) is 14.4 Å². The van der Waals surface area contributed by atoms with Gasteiger partial charge in [-0.05, 0) is 25.1 Å². The number of amides is 2. The third-order valence-electron chi connectivity index (χ3n) is 2.34. The van der Waals surface area contributed by atoms with Crippen molar-refractivity contribution in [3.05, 3.63) is 35.4 Å². The second-order valence-corrected chi connectivity index (χ2v) is 3.94. The smallest absolute Gasteiger partial charge is 0.325 e. The molecule has 0 aliphatic rings. The van der Waals surface area contributed by atoms with Gasteiger partial charge in [0.05, 0.1) is 6.54 Å². The van der Waals surface area contributed by atoms with Gasteiger partial charge in [0.1, 0.15) is 6.04 Å². The Morgan fingerprint density at radius 3 is 2.45 bits per heavy atom. The van der Waals surface area contributed by atoms with Crippen molar-refractivity contribution < 1.29 is 28.3 Å². The molecule has 0 radical (unpaired) electrons. The molecule has 6 nitrogen and oxygen atoms in total. The summed E-state index contributed by atoms with van der Waals surface area (Å²) in [6.45, 7) is 0.785. The van der Waals surface area contributed by atoms with E-state index in [0.29, 0.717) is 6.07 Å². The minimum absolute atomic E-state index is 0.150. The maximum Gasteiger partial charge on any atom is 0.325 e. The Kier molecular flexibility index (Phi) is 5.13. The lowest BCUT2D eigenvalue weighted by atomic mass is 10.2. The van der Waals surface area contributed by atoms with Crippen molar-refractivity contribution in [2.24, 2.45) is 0 Å². The van der Waals surface area contributed by atoms with Gasteiger partial charge < -0.3 is 15.7 Å². The molecule has 0 saturated carbocycles. The minimum Gasteiger partial charge on any atom is -0.480 e. The second kappa shape index (κ2) is 6.60. The summed E-state index contributed by atoms with van der Waals surface area (Å²) in [5.41, 5.74) is -0.150. The van der Waals surface area contributed by atoms with E-state index in [4.69, 9.17) is 5.11 Å². The number of benzene rings is 1. The molecule has 1 aromatic carbocycles. The van der Waals surface area contributed by atoms with Crippen molar-refractivity contribution in [1.29, 1.82) is 0 Å². The number of carboxylic acids is 1. The largest absolute Gasteiger partial charge is 0.480 e. The number of hydrogen-bond acceptors (Lipinski definition) is 3. The molecular formula is C12H12F2N2O4. The highest BCUT2D eigenvalue weighted by Gasteiger charge is 2.15. The molecule has 0 spiro atoms. The number of rotatable bonds is 5. The average Bonchev–Trinajstić information content (AvgIpc) is 2.39. The summed E-state index contributed by atoms with van der Waals surface area (Å²) in [5.74, 6) is -4.97. The SMILES string of the molecule is C[C@H](NC(=O)CNC(=O)c1ccc(F)c(F)c1)C(=O)O. The molecule has 0 bridgehead atoms. The van der Waals surface area contributed by atoms with Gasteiger partial charge in [0.2, 0.25) is 5.91 Å². The van der Waals surface area contributed by atoms with Gasteiger partial charge in [0.25, 0.3) is 5.91 Å². The van der Waals surface area contributed by atoms with Crippen LogP contribution in [-0.4, -0.2) is 35.5 Å². The zero-order valence-corrected chi connectivity index (χ0v) is 10.4. The molecule has 0 heterocycles. The molecule has 1 atom stereocenters. The van der Waals surface area contributed by atoms with Gasteiger partial charge in [0.15, 0.2) is 11.6 Å². The predicted octanol–water partition coefficient (Wildman–Crippen LogP) is 0.284. The fraction of sp³-hybridized carbons (Fsp3) is 0.250. The summed E-state index contributed by atoms with van der Waals surface area (Å²) in [5, 5.41) is 12.8. The first-order valence-electron chi connectivity index (χ1n) is 5.56.